The third-order valence-corrected chi connectivity index (χ3v) is 5.42. The van der Waals surface area contributed by atoms with Crippen molar-refractivity contribution in [3.8, 4) is 5.69 Å². The third-order valence-electron chi connectivity index (χ3n) is 5.42. The topological polar surface area (TPSA) is 89.3 Å². The highest BCUT2D eigenvalue weighted by Gasteiger charge is 2.27. The zero-order valence-corrected chi connectivity index (χ0v) is 16.8. The Morgan fingerprint density at radius 1 is 1.07 bits per heavy atom. The van der Waals surface area contributed by atoms with E-state index in [1.54, 1.807) is 22.4 Å². The highest BCUT2D eigenvalue weighted by molar-refractivity contribution is 5.98. The number of carbonyl (C=O) groups is 1. The van der Waals surface area contributed by atoms with Gasteiger partial charge in [0.05, 0.1) is 36.8 Å². The molecule has 2 aromatic heterocycles. The molecule has 9 nitrogen and oxygen atoms in total. The fraction of sp³-hybridized carbons (Fsp3) is 0.381. The average Bonchev–Trinajstić information content (AvgIpc) is 3.53. The summed E-state index contributed by atoms with van der Waals surface area (Å²) >= 11 is 0. The van der Waals surface area contributed by atoms with E-state index in [9.17, 15) is 4.79 Å². The van der Waals surface area contributed by atoms with Crippen LogP contribution in [0.15, 0.2) is 43.0 Å². The summed E-state index contributed by atoms with van der Waals surface area (Å²) in [6, 6.07) is 5.70. The number of aromatic nitrogens is 5. The van der Waals surface area contributed by atoms with Gasteiger partial charge in [-0.3, -0.25) is 9.63 Å². The van der Waals surface area contributed by atoms with Crippen LogP contribution in [-0.4, -0.2) is 62.0 Å². The first-order chi connectivity index (χ1) is 14.7. The van der Waals surface area contributed by atoms with E-state index in [4.69, 9.17) is 4.84 Å². The lowest BCUT2D eigenvalue weighted by Crippen LogP contribution is -2.36. The van der Waals surface area contributed by atoms with Gasteiger partial charge in [-0.05, 0) is 43.4 Å². The molecule has 0 N–H and O–H groups in total. The molecule has 1 aliphatic heterocycles. The van der Waals surface area contributed by atoms with Crippen LogP contribution in [0.5, 0.6) is 0 Å². The first-order valence-electron chi connectivity index (χ1n) is 10.2. The Kier molecular flexibility index (Phi) is 4.88. The summed E-state index contributed by atoms with van der Waals surface area (Å²) < 4.78 is 0. The normalized spacial score (nSPS) is 17.1. The largest absolute Gasteiger partial charge is 0.334 e. The second-order valence-electron chi connectivity index (χ2n) is 7.66. The molecule has 0 atom stereocenters. The molecule has 5 rings (SSSR count). The van der Waals surface area contributed by atoms with Gasteiger partial charge in [0, 0.05) is 25.5 Å². The van der Waals surface area contributed by atoms with Gasteiger partial charge in [0.2, 0.25) is 5.95 Å². The highest BCUT2D eigenvalue weighted by Crippen LogP contribution is 2.39. The predicted octanol–water partition coefficient (Wildman–Crippen LogP) is 2.14. The van der Waals surface area contributed by atoms with Crippen LogP contribution < -0.4 is 5.06 Å². The van der Waals surface area contributed by atoms with Crippen LogP contribution in [0.3, 0.4) is 0 Å². The molecule has 1 aromatic carbocycles. The van der Waals surface area contributed by atoms with E-state index in [2.05, 4.69) is 20.2 Å². The van der Waals surface area contributed by atoms with Gasteiger partial charge in [0.25, 0.3) is 5.91 Å². The summed E-state index contributed by atoms with van der Waals surface area (Å²) in [5.74, 6) is 1.08. The standard InChI is InChI=1S/C21H23N7O2/c1-15-2-5-19(28-24-6-7-25-28)18(12-15)20(29)26-8-9-27(30-11-10-26)21-22-13-17(14-23-21)16-3-4-16/h2,5-7,12-14,16H,3-4,8-11H2,1H3. The van der Waals surface area contributed by atoms with Crippen LogP contribution in [0.4, 0.5) is 5.95 Å². The molecule has 1 aliphatic carbocycles. The fourth-order valence-electron chi connectivity index (χ4n) is 3.60. The van der Waals surface area contributed by atoms with E-state index >= 15 is 0 Å². The second kappa shape index (κ2) is 7.83. The molecular formula is C21H23N7O2. The van der Waals surface area contributed by atoms with E-state index in [0.29, 0.717) is 49.4 Å². The van der Waals surface area contributed by atoms with Crippen LogP contribution in [0.2, 0.25) is 0 Å². The molecule has 0 bridgehead atoms. The first kappa shape index (κ1) is 18.7. The maximum Gasteiger partial charge on any atom is 0.256 e. The summed E-state index contributed by atoms with van der Waals surface area (Å²) in [5, 5.41) is 10.0. The lowest BCUT2D eigenvalue weighted by Gasteiger charge is -2.21. The number of amides is 1. The number of benzene rings is 1. The number of hydrogen-bond donors (Lipinski definition) is 0. The Morgan fingerprint density at radius 2 is 1.83 bits per heavy atom. The van der Waals surface area contributed by atoms with E-state index in [1.165, 1.54) is 23.2 Å². The van der Waals surface area contributed by atoms with E-state index in [1.807, 2.05) is 37.5 Å². The smallest absolute Gasteiger partial charge is 0.256 e. The van der Waals surface area contributed by atoms with Gasteiger partial charge in [-0.1, -0.05) is 11.6 Å². The van der Waals surface area contributed by atoms with Crippen molar-refractivity contribution >= 4 is 11.9 Å². The first-order valence-corrected chi connectivity index (χ1v) is 10.2. The molecule has 1 saturated heterocycles. The molecule has 30 heavy (non-hydrogen) atoms. The summed E-state index contributed by atoms with van der Waals surface area (Å²) in [6.07, 6.45) is 9.39. The molecule has 2 fully saturated rings. The van der Waals surface area contributed by atoms with Crippen molar-refractivity contribution in [1.82, 2.24) is 29.9 Å². The lowest BCUT2D eigenvalue weighted by atomic mass is 10.1. The zero-order chi connectivity index (χ0) is 20.5. The number of anilines is 1. The van der Waals surface area contributed by atoms with Crippen LogP contribution in [0, 0.1) is 6.92 Å². The summed E-state index contributed by atoms with van der Waals surface area (Å²) in [6.45, 7) is 3.82. The van der Waals surface area contributed by atoms with Crippen molar-refractivity contribution in [2.24, 2.45) is 0 Å². The number of hydroxylamine groups is 1. The van der Waals surface area contributed by atoms with Crippen molar-refractivity contribution in [2.45, 2.75) is 25.7 Å². The Balaban J connectivity index is 1.32. The van der Waals surface area contributed by atoms with Gasteiger partial charge in [-0.15, -0.1) is 0 Å². The van der Waals surface area contributed by atoms with Crippen molar-refractivity contribution in [1.29, 1.82) is 0 Å². The number of nitrogens with zero attached hydrogens (tertiary/aromatic N) is 7. The quantitative estimate of drug-likeness (QED) is 0.657. The minimum absolute atomic E-state index is 0.0681. The van der Waals surface area contributed by atoms with E-state index in [-0.39, 0.29) is 5.91 Å². The molecule has 3 heterocycles. The summed E-state index contributed by atoms with van der Waals surface area (Å²) in [7, 11) is 0. The number of aryl methyl sites for hydroxylation is 1. The highest BCUT2D eigenvalue weighted by atomic mass is 16.7. The zero-order valence-electron chi connectivity index (χ0n) is 16.8. The van der Waals surface area contributed by atoms with Crippen molar-refractivity contribution in [3.05, 3.63) is 59.7 Å². The van der Waals surface area contributed by atoms with Gasteiger partial charge >= 0.3 is 0 Å². The molecule has 1 saturated carbocycles. The summed E-state index contributed by atoms with van der Waals surface area (Å²) in [5.41, 5.74) is 3.43. The lowest BCUT2D eigenvalue weighted by molar-refractivity contribution is 0.0729. The molecule has 154 valence electrons. The van der Waals surface area contributed by atoms with Crippen LogP contribution in [0.1, 0.15) is 40.2 Å². The molecule has 9 heteroatoms. The van der Waals surface area contributed by atoms with Crippen molar-refractivity contribution in [2.75, 3.05) is 31.3 Å². The predicted molar refractivity (Wildman–Crippen MR) is 109 cm³/mol. The third kappa shape index (κ3) is 3.76. The molecular weight excluding hydrogens is 382 g/mol. The maximum atomic E-state index is 13.3. The van der Waals surface area contributed by atoms with Crippen molar-refractivity contribution in [3.63, 3.8) is 0 Å². The average molecular weight is 405 g/mol. The Morgan fingerprint density at radius 3 is 2.57 bits per heavy atom. The van der Waals surface area contributed by atoms with Crippen LogP contribution >= 0.6 is 0 Å². The molecule has 0 spiro atoms. The van der Waals surface area contributed by atoms with Crippen LogP contribution in [-0.2, 0) is 4.84 Å². The molecule has 0 radical (unpaired) electrons. The number of rotatable bonds is 4. The molecule has 1 amide bonds. The fourth-order valence-corrected chi connectivity index (χ4v) is 3.60. The van der Waals surface area contributed by atoms with Gasteiger partial charge in [0.1, 0.15) is 0 Å². The molecule has 2 aliphatic rings. The van der Waals surface area contributed by atoms with Crippen molar-refractivity contribution < 1.29 is 9.63 Å². The van der Waals surface area contributed by atoms with E-state index < -0.39 is 0 Å². The molecule has 3 aromatic rings. The maximum absolute atomic E-state index is 13.3. The monoisotopic (exact) mass is 405 g/mol. The van der Waals surface area contributed by atoms with Crippen LogP contribution in [0.25, 0.3) is 5.69 Å². The van der Waals surface area contributed by atoms with E-state index in [0.717, 1.165) is 5.56 Å². The second-order valence-corrected chi connectivity index (χ2v) is 7.66. The SMILES string of the molecule is Cc1ccc(-n2nccn2)c(C(=O)N2CCON(c3ncc(C4CC4)cn3)CC2)c1. The minimum Gasteiger partial charge on any atom is -0.334 e. The van der Waals surface area contributed by atoms with Gasteiger partial charge in [0.15, 0.2) is 0 Å². The molecule has 0 unspecified atom stereocenters. The van der Waals surface area contributed by atoms with Gasteiger partial charge in [-0.2, -0.15) is 15.0 Å². The number of carbonyl (C=O) groups excluding carboxylic acids is 1. The number of hydrogen-bond acceptors (Lipinski definition) is 7. The van der Waals surface area contributed by atoms with Gasteiger partial charge in [-0.25, -0.2) is 15.0 Å². The minimum atomic E-state index is -0.0681. The summed E-state index contributed by atoms with van der Waals surface area (Å²) in [4.78, 5) is 31.4. The Hall–Kier alpha value is -3.33. The Bertz CT molecular complexity index is 1030. The Labute approximate surface area is 174 Å². The van der Waals surface area contributed by atoms with Gasteiger partial charge < -0.3 is 4.90 Å².